The molecule has 68 heavy (non-hydrogen) atoms. The molecule has 0 spiro atoms. The normalized spacial score (nSPS) is 11.6. The van der Waals surface area contributed by atoms with Crippen LogP contribution >= 0.6 is 0 Å². The third-order valence-corrected chi connectivity index (χ3v) is 13.6. The number of rotatable bonds is 7. The molecule has 0 fully saturated rings. The van der Waals surface area contributed by atoms with E-state index in [1.54, 1.807) is 0 Å². The van der Waals surface area contributed by atoms with Gasteiger partial charge in [-0.05, 0) is 98.1 Å². The highest BCUT2D eigenvalue weighted by atomic mass is 15.0. The summed E-state index contributed by atoms with van der Waals surface area (Å²) in [6.45, 7) is 0. The summed E-state index contributed by atoms with van der Waals surface area (Å²) in [5, 5.41) is 3.27. The fourth-order valence-corrected chi connectivity index (χ4v) is 10.3. The molecule has 0 N–H and O–H groups in total. The van der Waals surface area contributed by atoms with Gasteiger partial charge < -0.3 is 9.13 Å². The molecule has 0 unspecified atom stereocenters. The van der Waals surface area contributed by atoms with Crippen LogP contribution in [0.2, 0.25) is 0 Å². The van der Waals surface area contributed by atoms with E-state index in [0.717, 1.165) is 88.5 Å². The maximum absolute atomic E-state index is 7.56. The maximum Gasteiger partial charge on any atom is 0.115 e. The van der Waals surface area contributed by atoms with E-state index < -0.39 is 0 Å². The predicted octanol–water partition coefficient (Wildman–Crippen LogP) is 8.98. The summed E-state index contributed by atoms with van der Waals surface area (Å²) >= 11 is 0. The summed E-state index contributed by atoms with van der Waals surface area (Å²) in [6.07, 6.45) is 0. The second kappa shape index (κ2) is 16.5. The molecule has 8 heteroatoms. The fraction of sp³-hybridized carbons (Fsp3) is 0. The Morgan fingerprint density at radius 2 is 0.632 bits per heavy atom. The van der Waals surface area contributed by atoms with E-state index in [1.165, 1.54) is 0 Å². The molecule has 302 valence electrons. The molecule has 12 aromatic rings. The topological polar surface area (TPSA) is 9.86 Å². The molecule has 2 nitrogen and oxygen atoms in total. The van der Waals surface area contributed by atoms with Gasteiger partial charge >= 0.3 is 0 Å². The van der Waals surface area contributed by atoms with Crippen molar-refractivity contribution in [3.05, 3.63) is 206 Å². The molecular formula is C60H34B6N2. The van der Waals surface area contributed by atoms with Crippen molar-refractivity contribution in [1.82, 2.24) is 9.13 Å². The molecule has 0 atom stereocenters. The third-order valence-electron chi connectivity index (χ3n) is 13.6. The first-order valence-corrected chi connectivity index (χ1v) is 22.6. The van der Waals surface area contributed by atoms with Gasteiger partial charge in [-0.15, -0.1) is 0 Å². The predicted molar refractivity (Wildman–Crippen MR) is 295 cm³/mol. The molecule has 12 rings (SSSR count). The highest BCUT2D eigenvalue weighted by Gasteiger charge is 2.26. The van der Waals surface area contributed by atoms with Gasteiger partial charge in [0.1, 0.15) is 47.1 Å². The fourth-order valence-electron chi connectivity index (χ4n) is 10.3. The Balaban J connectivity index is 1.10. The second-order valence-electron chi connectivity index (χ2n) is 17.4. The van der Waals surface area contributed by atoms with Crippen molar-refractivity contribution < 1.29 is 0 Å². The van der Waals surface area contributed by atoms with Crippen molar-refractivity contribution in [2.45, 2.75) is 0 Å². The molecule has 10 aromatic carbocycles. The van der Waals surface area contributed by atoms with Gasteiger partial charge in [0.15, 0.2) is 0 Å². The highest BCUT2D eigenvalue weighted by Crippen LogP contribution is 2.37. The summed E-state index contributed by atoms with van der Waals surface area (Å²) in [4.78, 5) is 0. The number of aromatic nitrogens is 2. The zero-order valence-electron chi connectivity index (χ0n) is 37.0. The van der Waals surface area contributed by atoms with E-state index in [2.05, 4.69) is 155 Å². The molecule has 2 heterocycles. The van der Waals surface area contributed by atoms with Crippen LogP contribution in [0, 0.1) is 0 Å². The third kappa shape index (κ3) is 6.57. The minimum atomic E-state index is 0.258. The number of fused-ring (bicyclic) bond motifs is 6. The van der Waals surface area contributed by atoms with Crippen LogP contribution in [-0.4, -0.2) is 56.2 Å². The summed E-state index contributed by atoms with van der Waals surface area (Å²) in [5.74, 6) is 0. The first-order valence-electron chi connectivity index (χ1n) is 22.6. The molecule has 0 aliphatic heterocycles. The van der Waals surface area contributed by atoms with Crippen molar-refractivity contribution in [2.75, 3.05) is 0 Å². The molecule has 0 saturated carbocycles. The van der Waals surface area contributed by atoms with E-state index in [0.29, 0.717) is 44.0 Å². The minimum Gasteiger partial charge on any atom is -0.310 e. The van der Waals surface area contributed by atoms with Gasteiger partial charge in [0.2, 0.25) is 0 Å². The Bertz CT molecular complexity index is 3940. The minimum absolute atomic E-state index is 0.258. The zero-order chi connectivity index (χ0) is 46.2. The number of nitrogens with zero attached hydrogens (tertiary/aromatic N) is 2. The lowest BCUT2D eigenvalue weighted by Crippen LogP contribution is -2.41. The first-order chi connectivity index (χ1) is 33.3. The Morgan fingerprint density at radius 3 is 1.19 bits per heavy atom. The van der Waals surface area contributed by atoms with Crippen LogP contribution in [-0.2, 0) is 0 Å². The van der Waals surface area contributed by atoms with Crippen molar-refractivity contribution in [2.24, 2.45) is 0 Å². The Morgan fingerprint density at radius 1 is 0.250 bits per heavy atom. The average molecular weight is 848 g/mol. The standard InChI is InChI=1S/C60H34B6N2/c61-53-49-45-21-10-11-22-47(45)68(44-20-12-19-41(33-44)37-17-8-3-9-18-37)59(49)57(65)55(63)51(53)52-54(62)50-46-34-42(40-25-23-38(24-26-40)35-13-4-1-5-14-35)29-32-48(46)67(60(50)58(66)56(52)64)43-30-27-39(28-31-43)36-15-6-2-7-16-36/h1-34H. The van der Waals surface area contributed by atoms with E-state index in [1.807, 2.05) is 60.7 Å². The molecule has 2 aromatic heterocycles. The first kappa shape index (κ1) is 41.6. The van der Waals surface area contributed by atoms with Crippen LogP contribution < -0.4 is 32.8 Å². The highest BCUT2D eigenvalue weighted by molar-refractivity contribution is 6.65. The van der Waals surface area contributed by atoms with Gasteiger partial charge in [0.25, 0.3) is 0 Å². The summed E-state index contributed by atoms with van der Waals surface area (Å²) < 4.78 is 4.28. The zero-order valence-corrected chi connectivity index (χ0v) is 37.0. The molecule has 0 saturated heterocycles. The van der Waals surface area contributed by atoms with E-state index >= 15 is 0 Å². The van der Waals surface area contributed by atoms with E-state index in [9.17, 15) is 0 Å². The number of hydrogen-bond donors (Lipinski definition) is 0. The number of benzene rings is 10. The summed E-state index contributed by atoms with van der Waals surface area (Å²) in [5.41, 5.74) is 16.7. The van der Waals surface area contributed by atoms with Gasteiger partial charge in [0, 0.05) is 44.0 Å². The Hall–Kier alpha value is -7.81. The van der Waals surface area contributed by atoms with Crippen LogP contribution in [0.25, 0.3) is 111 Å². The lowest BCUT2D eigenvalue weighted by molar-refractivity contribution is 1.19. The summed E-state index contributed by atoms with van der Waals surface area (Å²) in [6, 6.07) is 71.0. The molecule has 0 bridgehead atoms. The molecule has 0 amide bonds. The van der Waals surface area contributed by atoms with E-state index in [-0.39, 0.29) is 10.9 Å². The lowest BCUT2D eigenvalue weighted by atomic mass is 9.63. The Labute approximate surface area is 403 Å². The summed E-state index contributed by atoms with van der Waals surface area (Å²) in [7, 11) is 44.1. The lowest BCUT2D eigenvalue weighted by Gasteiger charge is -2.24. The number of para-hydroxylation sites is 1. The maximum atomic E-state index is 7.56. The molecule has 12 radical (unpaired) electrons. The van der Waals surface area contributed by atoms with Crippen molar-refractivity contribution in [3.63, 3.8) is 0 Å². The number of hydrogen-bond acceptors (Lipinski definition) is 0. The van der Waals surface area contributed by atoms with Crippen LogP contribution in [0.5, 0.6) is 0 Å². The van der Waals surface area contributed by atoms with Gasteiger partial charge in [-0.3, -0.25) is 0 Å². The smallest absolute Gasteiger partial charge is 0.115 e. The van der Waals surface area contributed by atoms with Crippen LogP contribution in [0.15, 0.2) is 206 Å². The Kier molecular flexibility index (Phi) is 10.1. The van der Waals surface area contributed by atoms with Gasteiger partial charge in [-0.25, -0.2) is 0 Å². The van der Waals surface area contributed by atoms with Gasteiger partial charge in [0.05, 0.1) is 11.0 Å². The quantitative estimate of drug-likeness (QED) is 0.142. The monoisotopic (exact) mass is 848 g/mol. The van der Waals surface area contributed by atoms with Gasteiger partial charge in [-0.1, -0.05) is 197 Å². The average Bonchev–Trinajstić information content (AvgIpc) is 3.93. The largest absolute Gasteiger partial charge is 0.310 e. The van der Waals surface area contributed by atoms with Gasteiger partial charge in [-0.2, -0.15) is 0 Å². The second-order valence-corrected chi connectivity index (χ2v) is 17.4. The van der Waals surface area contributed by atoms with E-state index in [4.69, 9.17) is 47.1 Å². The van der Waals surface area contributed by atoms with Crippen molar-refractivity contribution in [1.29, 1.82) is 0 Å². The SMILES string of the molecule is [B]c1c(-c2c([B])c([B])c3c(c2[B])c2cc(-c4ccc(-c5ccccc5)cc4)ccc2n3-c2ccc(-c3ccccc3)cc2)c([B])c2c3ccccc3n(-c3cccc(-c4ccccc4)c3)c2c1[B]. The van der Waals surface area contributed by atoms with Crippen LogP contribution in [0.4, 0.5) is 0 Å². The van der Waals surface area contributed by atoms with Crippen molar-refractivity contribution >= 4 is 123 Å². The van der Waals surface area contributed by atoms with Crippen LogP contribution in [0.3, 0.4) is 0 Å². The molecule has 0 aliphatic carbocycles. The van der Waals surface area contributed by atoms with Crippen molar-refractivity contribution in [3.8, 4) is 67.0 Å². The van der Waals surface area contributed by atoms with Crippen LogP contribution in [0.1, 0.15) is 0 Å². The molecule has 0 aliphatic rings. The molecular weight excluding hydrogens is 814 g/mol.